The summed E-state index contributed by atoms with van der Waals surface area (Å²) in [5, 5.41) is 18.3. The molecule has 114 valence electrons. The lowest BCUT2D eigenvalue weighted by molar-refractivity contribution is -0.131. The summed E-state index contributed by atoms with van der Waals surface area (Å²) in [4.78, 5) is 12.8. The zero-order valence-electron chi connectivity index (χ0n) is 12.0. The fourth-order valence-corrected chi connectivity index (χ4v) is 2.67. The van der Waals surface area contributed by atoms with Gasteiger partial charge >= 0.3 is 5.97 Å². The number of halogens is 1. The SMILES string of the molecule is CC(O)C1CCN(Cc2ccc(F)cc2/C=C/C(=O)O)C1. The fourth-order valence-electron chi connectivity index (χ4n) is 2.67. The number of carbonyl (C=O) groups is 1. The molecule has 4 nitrogen and oxygen atoms in total. The van der Waals surface area contributed by atoms with Crippen LogP contribution in [0, 0.1) is 11.7 Å². The lowest BCUT2D eigenvalue weighted by atomic mass is 10.0. The minimum atomic E-state index is -1.06. The molecule has 1 aromatic rings. The van der Waals surface area contributed by atoms with E-state index in [1.54, 1.807) is 13.0 Å². The van der Waals surface area contributed by atoms with Crippen LogP contribution in [0.2, 0.25) is 0 Å². The molecule has 21 heavy (non-hydrogen) atoms. The number of rotatable bonds is 5. The second-order valence-electron chi connectivity index (χ2n) is 5.54. The number of aliphatic hydroxyl groups is 1. The van der Waals surface area contributed by atoms with E-state index in [0.717, 1.165) is 31.1 Å². The van der Waals surface area contributed by atoms with Crippen LogP contribution in [0.15, 0.2) is 24.3 Å². The molecule has 0 saturated carbocycles. The molecule has 1 saturated heterocycles. The summed E-state index contributed by atoms with van der Waals surface area (Å²) in [6.07, 6.45) is 3.05. The van der Waals surface area contributed by atoms with Crippen molar-refractivity contribution in [2.24, 2.45) is 5.92 Å². The van der Waals surface area contributed by atoms with E-state index in [1.807, 2.05) is 0 Å². The number of carboxylic acids is 1. The first-order valence-electron chi connectivity index (χ1n) is 7.05. The molecule has 1 heterocycles. The van der Waals surface area contributed by atoms with Crippen LogP contribution in [-0.2, 0) is 11.3 Å². The Morgan fingerprint density at radius 3 is 2.95 bits per heavy atom. The molecular formula is C16H20FNO3. The summed E-state index contributed by atoms with van der Waals surface area (Å²) in [6, 6.07) is 4.42. The summed E-state index contributed by atoms with van der Waals surface area (Å²) >= 11 is 0. The van der Waals surface area contributed by atoms with Gasteiger partial charge in [0, 0.05) is 19.2 Å². The molecule has 1 aliphatic rings. The maximum atomic E-state index is 13.3. The molecule has 0 spiro atoms. The number of carboxylic acid groups (broad SMARTS) is 1. The quantitative estimate of drug-likeness (QED) is 0.816. The van der Waals surface area contributed by atoms with E-state index < -0.39 is 5.97 Å². The molecule has 1 aromatic carbocycles. The van der Waals surface area contributed by atoms with Crippen LogP contribution in [0.4, 0.5) is 4.39 Å². The van der Waals surface area contributed by atoms with Gasteiger partial charge in [0.05, 0.1) is 6.10 Å². The van der Waals surface area contributed by atoms with Gasteiger partial charge in [-0.3, -0.25) is 4.90 Å². The van der Waals surface area contributed by atoms with Crippen LogP contribution >= 0.6 is 0 Å². The number of hydrogen-bond donors (Lipinski definition) is 2. The van der Waals surface area contributed by atoms with Crippen molar-refractivity contribution in [3.8, 4) is 0 Å². The Kier molecular flexibility index (Phi) is 5.09. The fraction of sp³-hybridized carbons (Fsp3) is 0.438. The third-order valence-corrected chi connectivity index (χ3v) is 3.90. The first-order valence-corrected chi connectivity index (χ1v) is 7.05. The summed E-state index contributed by atoms with van der Waals surface area (Å²) in [5.74, 6) is -1.17. The molecule has 1 aliphatic heterocycles. The Morgan fingerprint density at radius 2 is 2.33 bits per heavy atom. The van der Waals surface area contributed by atoms with Crippen molar-refractivity contribution < 1.29 is 19.4 Å². The normalized spacial score (nSPS) is 21.0. The average molecular weight is 293 g/mol. The van der Waals surface area contributed by atoms with E-state index in [0.29, 0.717) is 12.1 Å². The van der Waals surface area contributed by atoms with Crippen LogP contribution in [0.3, 0.4) is 0 Å². The third kappa shape index (κ3) is 4.37. The predicted octanol–water partition coefficient (Wildman–Crippen LogP) is 2.13. The highest BCUT2D eigenvalue weighted by atomic mass is 19.1. The van der Waals surface area contributed by atoms with Crippen molar-refractivity contribution in [2.75, 3.05) is 13.1 Å². The highest BCUT2D eigenvalue weighted by molar-refractivity contribution is 5.85. The van der Waals surface area contributed by atoms with Crippen LogP contribution < -0.4 is 0 Å². The van der Waals surface area contributed by atoms with E-state index >= 15 is 0 Å². The topological polar surface area (TPSA) is 60.8 Å². The Balaban J connectivity index is 2.11. The molecule has 0 aromatic heterocycles. The van der Waals surface area contributed by atoms with E-state index in [4.69, 9.17) is 5.11 Å². The van der Waals surface area contributed by atoms with Crippen molar-refractivity contribution in [3.63, 3.8) is 0 Å². The second-order valence-corrected chi connectivity index (χ2v) is 5.54. The number of aliphatic carboxylic acids is 1. The third-order valence-electron chi connectivity index (χ3n) is 3.90. The Labute approximate surface area is 123 Å². The summed E-state index contributed by atoms with van der Waals surface area (Å²) in [5.41, 5.74) is 1.47. The maximum absolute atomic E-state index is 13.3. The number of benzene rings is 1. The summed E-state index contributed by atoms with van der Waals surface area (Å²) in [7, 11) is 0. The Hall–Kier alpha value is -1.72. The van der Waals surface area contributed by atoms with Gasteiger partial charge in [-0.1, -0.05) is 6.07 Å². The van der Waals surface area contributed by atoms with E-state index in [2.05, 4.69) is 4.90 Å². The summed E-state index contributed by atoms with van der Waals surface area (Å²) in [6.45, 7) is 4.11. The van der Waals surface area contributed by atoms with Crippen molar-refractivity contribution in [3.05, 3.63) is 41.2 Å². The summed E-state index contributed by atoms with van der Waals surface area (Å²) < 4.78 is 13.3. The van der Waals surface area contributed by atoms with E-state index in [-0.39, 0.29) is 17.8 Å². The molecule has 2 atom stereocenters. The minimum absolute atomic E-state index is 0.267. The number of nitrogens with zero attached hydrogens (tertiary/aromatic N) is 1. The van der Waals surface area contributed by atoms with Crippen molar-refractivity contribution in [1.82, 2.24) is 4.90 Å². The van der Waals surface area contributed by atoms with Gasteiger partial charge in [0.15, 0.2) is 0 Å². The van der Waals surface area contributed by atoms with E-state index in [9.17, 15) is 14.3 Å². The maximum Gasteiger partial charge on any atom is 0.328 e. The molecule has 5 heteroatoms. The molecule has 1 fully saturated rings. The van der Waals surface area contributed by atoms with Gasteiger partial charge in [-0.15, -0.1) is 0 Å². The van der Waals surface area contributed by atoms with Crippen molar-refractivity contribution >= 4 is 12.0 Å². The first kappa shape index (κ1) is 15.7. The Morgan fingerprint density at radius 1 is 1.57 bits per heavy atom. The van der Waals surface area contributed by atoms with Crippen LogP contribution in [0.1, 0.15) is 24.5 Å². The predicted molar refractivity (Wildman–Crippen MR) is 78.1 cm³/mol. The van der Waals surface area contributed by atoms with Gasteiger partial charge in [-0.2, -0.15) is 0 Å². The van der Waals surface area contributed by atoms with Gasteiger partial charge in [-0.05, 0) is 55.1 Å². The lowest BCUT2D eigenvalue weighted by Crippen LogP contribution is -2.24. The minimum Gasteiger partial charge on any atom is -0.478 e. The van der Waals surface area contributed by atoms with Gasteiger partial charge in [0.1, 0.15) is 5.82 Å². The second kappa shape index (κ2) is 6.83. The van der Waals surface area contributed by atoms with E-state index in [1.165, 1.54) is 18.2 Å². The average Bonchev–Trinajstić information content (AvgIpc) is 2.87. The van der Waals surface area contributed by atoms with Gasteiger partial charge in [-0.25, -0.2) is 9.18 Å². The standard InChI is InChI=1S/C16H20FNO3/c1-11(19)13-6-7-18(9-13)10-14-2-4-15(17)8-12(14)3-5-16(20)21/h2-5,8,11,13,19H,6-7,9-10H2,1H3,(H,20,21)/b5-3+. The number of likely N-dealkylation sites (tertiary alicyclic amines) is 1. The molecule has 0 amide bonds. The van der Waals surface area contributed by atoms with Gasteiger partial charge in [0.2, 0.25) is 0 Å². The van der Waals surface area contributed by atoms with Crippen molar-refractivity contribution in [2.45, 2.75) is 26.0 Å². The molecule has 2 N–H and O–H groups in total. The van der Waals surface area contributed by atoms with Crippen molar-refractivity contribution in [1.29, 1.82) is 0 Å². The van der Waals surface area contributed by atoms with Crippen LogP contribution in [-0.4, -0.2) is 40.3 Å². The molecule has 2 rings (SSSR count). The highest BCUT2D eigenvalue weighted by Gasteiger charge is 2.26. The number of aliphatic hydroxyl groups excluding tert-OH is 1. The zero-order chi connectivity index (χ0) is 15.4. The molecule has 2 unspecified atom stereocenters. The molecule has 0 bridgehead atoms. The number of hydrogen-bond acceptors (Lipinski definition) is 3. The Bertz CT molecular complexity index is 542. The van der Waals surface area contributed by atoms with Gasteiger partial charge < -0.3 is 10.2 Å². The smallest absolute Gasteiger partial charge is 0.328 e. The monoisotopic (exact) mass is 293 g/mol. The molecule has 0 aliphatic carbocycles. The zero-order valence-corrected chi connectivity index (χ0v) is 12.0. The highest BCUT2D eigenvalue weighted by Crippen LogP contribution is 2.23. The van der Waals surface area contributed by atoms with Crippen LogP contribution in [0.5, 0.6) is 0 Å². The first-order chi connectivity index (χ1) is 9.95. The largest absolute Gasteiger partial charge is 0.478 e. The van der Waals surface area contributed by atoms with Crippen LogP contribution in [0.25, 0.3) is 6.08 Å². The lowest BCUT2D eigenvalue weighted by Gasteiger charge is -2.18. The van der Waals surface area contributed by atoms with Gasteiger partial charge in [0.25, 0.3) is 0 Å². The molecule has 0 radical (unpaired) electrons. The molecular weight excluding hydrogens is 273 g/mol.